The number of hydrazone groups is 1. The summed E-state index contributed by atoms with van der Waals surface area (Å²) in [5.74, 6) is 1.58. The molecule has 1 aliphatic heterocycles. The van der Waals surface area contributed by atoms with E-state index in [-0.39, 0.29) is 6.61 Å². The number of hydrogen-bond acceptors (Lipinski definition) is 5. The highest BCUT2D eigenvalue weighted by Crippen LogP contribution is 2.36. The van der Waals surface area contributed by atoms with Crippen LogP contribution in [0.5, 0.6) is 11.5 Å². The molecule has 0 spiro atoms. The van der Waals surface area contributed by atoms with Gasteiger partial charge in [-0.25, -0.2) is 5.43 Å². The van der Waals surface area contributed by atoms with E-state index in [2.05, 4.69) is 10.5 Å². The lowest BCUT2D eigenvalue weighted by molar-refractivity contribution is -0.130. The smallest absolute Gasteiger partial charge is 0.284 e. The zero-order chi connectivity index (χ0) is 20.4. The number of amides is 1. The standard InChI is InChI=1S/C20H13Cl3N2O4/c21-13-8-15(23)14(22)7-12(13)16-6-5-11(28-16)9-24-25-20(26)19-10-27-17-3-1-2-4-18(17)29-19/h1-9,19H,10H2,(H,25,26). The van der Waals surface area contributed by atoms with Gasteiger partial charge in [-0.05, 0) is 36.4 Å². The number of hydrogen-bond donors (Lipinski definition) is 1. The molecule has 1 atom stereocenters. The number of nitrogens with zero attached hydrogens (tertiary/aromatic N) is 1. The molecule has 0 radical (unpaired) electrons. The van der Waals surface area contributed by atoms with E-state index >= 15 is 0 Å². The van der Waals surface area contributed by atoms with Gasteiger partial charge in [0, 0.05) is 5.56 Å². The predicted molar refractivity (Wildman–Crippen MR) is 111 cm³/mol. The van der Waals surface area contributed by atoms with E-state index < -0.39 is 12.0 Å². The van der Waals surface area contributed by atoms with Gasteiger partial charge in [0.2, 0.25) is 6.10 Å². The Labute approximate surface area is 181 Å². The lowest BCUT2D eigenvalue weighted by Crippen LogP contribution is -2.42. The highest BCUT2D eigenvalue weighted by molar-refractivity contribution is 6.44. The van der Waals surface area contributed by atoms with Crippen LogP contribution in [0.3, 0.4) is 0 Å². The molecule has 2 aromatic carbocycles. The molecule has 1 aromatic heterocycles. The molecule has 6 nitrogen and oxygen atoms in total. The predicted octanol–water partition coefficient (Wildman–Crippen LogP) is 5.20. The van der Waals surface area contributed by atoms with E-state index in [1.165, 1.54) is 6.21 Å². The molecule has 3 aromatic rings. The first-order chi connectivity index (χ1) is 14.0. The zero-order valence-electron chi connectivity index (χ0n) is 14.7. The topological polar surface area (TPSA) is 73.1 Å². The highest BCUT2D eigenvalue weighted by atomic mass is 35.5. The molecule has 0 bridgehead atoms. The normalized spacial score (nSPS) is 15.5. The number of para-hydroxylation sites is 2. The number of rotatable bonds is 4. The molecular formula is C20H13Cl3N2O4. The average Bonchev–Trinajstić information content (AvgIpc) is 3.19. The zero-order valence-corrected chi connectivity index (χ0v) is 17.0. The fourth-order valence-electron chi connectivity index (χ4n) is 2.66. The number of fused-ring (bicyclic) bond motifs is 1. The van der Waals surface area contributed by atoms with E-state index in [4.69, 9.17) is 48.7 Å². The Morgan fingerprint density at radius 3 is 2.62 bits per heavy atom. The fourth-order valence-corrected chi connectivity index (χ4v) is 3.30. The van der Waals surface area contributed by atoms with E-state index in [0.717, 1.165) is 0 Å². The molecule has 1 N–H and O–H groups in total. The molecule has 0 fully saturated rings. The van der Waals surface area contributed by atoms with Gasteiger partial charge in [0.1, 0.15) is 18.1 Å². The third kappa shape index (κ3) is 4.34. The maximum Gasteiger partial charge on any atom is 0.284 e. The molecule has 0 saturated heterocycles. The van der Waals surface area contributed by atoms with Crippen molar-refractivity contribution in [3.63, 3.8) is 0 Å². The fraction of sp³-hybridized carbons (Fsp3) is 0.100. The summed E-state index contributed by atoms with van der Waals surface area (Å²) in [6.07, 6.45) is 0.564. The third-order valence-corrected chi connectivity index (χ3v) is 5.10. The SMILES string of the molecule is O=C(NN=Cc1ccc(-c2cc(Cl)c(Cl)cc2Cl)o1)C1COc2ccccc2O1. The molecule has 29 heavy (non-hydrogen) atoms. The van der Waals surface area contributed by atoms with Crippen LogP contribution in [-0.4, -0.2) is 24.8 Å². The van der Waals surface area contributed by atoms with Crippen molar-refractivity contribution < 1.29 is 18.7 Å². The first kappa shape index (κ1) is 19.6. The number of benzene rings is 2. The van der Waals surface area contributed by atoms with Crippen molar-refractivity contribution in [3.8, 4) is 22.8 Å². The second-order valence-electron chi connectivity index (χ2n) is 6.05. The van der Waals surface area contributed by atoms with E-state index in [9.17, 15) is 4.79 Å². The van der Waals surface area contributed by atoms with E-state index in [0.29, 0.717) is 43.7 Å². The van der Waals surface area contributed by atoms with Gasteiger partial charge in [0.05, 0.1) is 21.3 Å². The number of ether oxygens (including phenoxy) is 2. The first-order valence-electron chi connectivity index (χ1n) is 8.47. The minimum Gasteiger partial charge on any atom is -0.485 e. The first-order valence-corrected chi connectivity index (χ1v) is 9.61. The van der Waals surface area contributed by atoms with Crippen molar-refractivity contribution in [2.45, 2.75) is 6.10 Å². The van der Waals surface area contributed by atoms with Crippen LogP contribution in [0.1, 0.15) is 5.76 Å². The Bertz CT molecular complexity index is 1100. The number of carbonyl (C=O) groups excluding carboxylic acids is 1. The Kier molecular flexibility index (Phi) is 5.67. The summed E-state index contributed by atoms with van der Waals surface area (Å²) in [5.41, 5.74) is 3.00. The van der Waals surface area contributed by atoms with Gasteiger partial charge >= 0.3 is 0 Å². The number of nitrogens with one attached hydrogen (secondary N) is 1. The number of carbonyl (C=O) groups is 1. The summed E-state index contributed by atoms with van der Waals surface area (Å²) in [6, 6.07) is 13.7. The maximum absolute atomic E-state index is 12.2. The van der Waals surface area contributed by atoms with Crippen molar-refractivity contribution in [1.29, 1.82) is 0 Å². The molecule has 4 rings (SSSR count). The van der Waals surface area contributed by atoms with Crippen molar-refractivity contribution in [3.05, 3.63) is 69.4 Å². The average molecular weight is 452 g/mol. The second-order valence-corrected chi connectivity index (χ2v) is 7.27. The summed E-state index contributed by atoms with van der Waals surface area (Å²) in [4.78, 5) is 12.2. The van der Waals surface area contributed by atoms with E-state index in [1.807, 2.05) is 6.07 Å². The van der Waals surface area contributed by atoms with Crippen LogP contribution in [0.15, 0.2) is 58.0 Å². The van der Waals surface area contributed by atoms with Gasteiger partial charge in [-0.3, -0.25) is 4.79 Å². The molecule has 1 unspecified atom stereocenters. The van der Waals surface area contributed by atoms with Crippen molar-refractivity contribution in [2.24, 2.45) is 5.10 Å². The van der Waals surface area contributed by atoms with Gasteiger partial charge < -0.3 is 13.9 Å². The van der Waals surface area contributed by atoms with Gasteiger partial charge in [-0.2, -0.15) is 5.10 Å². The minimum atomic E-state index is -0.802. The summed E-state index contributed by atoms with van der Waals surface area (Å²) in [5, 5.41) is 5.02. The van der Waals surface area contributed by atoms with Crippen molar-refractivity contribution >= 4 is 46.9 Å². The molecule has 0 aliphatic carbocycles. The third-order valence-electron chi connectivity index (χ3n) is 4.07. The van der Waals surface area contributed by atoms with Crippen LogP contribution in [-0.2, 0) is 4.79 Å². The number of halogens is 3. The summed E-state index contributed by atoms with van der Waals surface area (Å²) in [6.45, 7) is 0.0963. The van der Waals surface area contributed by atoms with Crippen molar-refractivity contribution in [2.75, 3.05) is 6.61 Å². The van der Waals surface area contributed by atoms with Crippen molar-refractivity contribution in [1.82, 2.24) is 5.43 Å². The Morgan fingerprint density at radius 2 is 1.79 bits per heavy atom. The minimum absolute atomic E-state index is 0.0963. The molecule has 2 heterocycles. The Balaban J connectivity index is 1.40. The van der Waals surface area contributed by atoms with Crippen LogP contribution in [0.4, 0.5) is 0 Å². The lowest BCUT2D eigenvalue weighted by Gasteiger charge is -2.24. The largest absolute Gasteiger partial charge is 0.485 e. The lowest BCUT2D eigenvalue weighted by atomic mass is 10.2. The molecule has 1 aliphatic rings. The van der Waals surface area contributed by atoms with E-state index in [1.54, 1.807) is 42.5 Å². The Hall–Kier alpha value is -2.67. The van der Waals surface area contributed by atoms with Crippen LogP contribution >= 0.6 is 34.8 Å². The molecule has 148 valence electrons. The molecule has 9 heteroatoms. The Morgan fingerprint density at radius 1 is 1.03 bits per heavy atom. The highest BCUT2D eigenvalue weighted by Gasteiger charge is 2.27. The molecule has 1 amide bonds. The summed E-state index contributed by atoms with van der Waals surface area (Å²) >= 11 is 18.2. The maximum atomic E-state index is 12.2. The van der Waals surface area contributed by atoms with Crippen LogP contribution < -0.4 is 14.9 Å². The molecule has 0 saturated carbocycles. The number of furan rings is 1. The van der Waals surface area contributed by atoms with Gasteiger partial charge in [-0.15, -0.1) is 0 Å². The van der Waals surface area contributed by atoms with Gasteiger partial charge in [-0.1, -0.05) is 46.9 Å². The summed E-state index contributed by atoms with van der Waals surface area (Å²) < 4.78 is 16.8. The molecular weight excluding hydrogens is 439 g/mol. The van der Waals surface area contributed by atoms with Gasteiger partial charge in [0.15, 0.2) is 11.5 Å². The van der Waals surface area contributed by atoms with Crippen LogP contribution in [0, 0.1) is 0 Å². The van der Waals surface area contributed by atoms with Crippen LogP contribution in [0.2, 0.25) is 15.1 Å². The monoisotopic (exact) mass is 450 g/mol. The summed E-state index contributed by atoms with van der Waals surface area (Å²) in [7, 11) is 0. The quantitative estimate of drug-likeness (QED) is 0.336. The van der Waals surface area contributed by atoms with Crippen LogP contribution in [0.25, 0.3) is 11.3 Å². The second kappa shape index (κ2) is 8.37. The van der Waals surface area contributed by atoms with Gasteiger partial charge in [0.25, 0.3) is 5.91 Å².